The molecule has 0 saturated heterocycles. The maximum Gasteiger partial charge on any atom is 0.475 e. The highest BCUT2D eigenvalue weighted by molar-refractivity contribution is 7.48. The molecule has 0 saturated carbocycles. The van der Waals surface area contributed by atoms with Gasteiger partial charge in [0.05, 0.1) is 19.8 Å². The predicted octanol–water partition coefficient (Wildman–Crippen LogP) is 0.921. The highest BCUT2D eigenvalue weighted by atomic mass is 31.2. The molecule has 0 aliphatic rings. The number of rotatable bonds is 21. The average molecular weight is 488 g/mol. The molecule has 0 aliphatic carbocycles. The van der Waals surface area contributed by atoms with Crippen LogP contribution in [-0.2, 0) is 77.0 Å². The molecule has 0 aromatic rings. The first-order chi connectivity index (χ1) is 15.4. The normalized spacial score (nSPS) is 10.8. The molecule has 0 heterocycles. The Balaban J connectivity index is 4.29. The fourth-order valence-electron chi connectivity index (χ4n) is 1.04. The highest BCUT2D eigenvalue weighted by Crippen LogP contribution is 2.49. The van der Waals surface area contributed by atoms with Crippen LogP contribution in [0.5, 0.6) is 0 Å². The van der Waals surface area contributed by atoms with Crippen LogP contribution in [0.4, 0.5) is 0 Å². The van der Waals surface area contributed by atoms with E-state index in [0.29, 0.717) is 0 Å². The summed E-state index contributed by atoms with van der Waals surface area (Å²) >= 11 is 0. The van der Waals surface area contributed by atoms with Gasteiger partial charge in [-0.05, 0) is 15.1 Å². The van der Waals surface area contributed by atoms with Gasteiger partial charge in [0.15, 0.2) is 0 Å². The van der Waals surface area contributed by atoms with E-state index in [-0.39, 0.29) is 19.8 Å². The number of hydrogen-bond donors (Lipinski definition) is 0. The molecule has 0 aliphatic heterocycles. The number of hydrogen-bond acceptors (Lipinski definition) is 16. The van der Waals surface area contributed by atoms with Crippen LogP contribution in [0.15, 0.2) is 38.0 Å². The molecule has 0 amide bonds. The molecule has 17 heteroatoms. The number of phosphoric acid groups is 1. The Morgan fingerprint density at radius 1 is 0.562 bits per heavy atom. The lowest BCUT2D eigenvalue weighted by molar-refractivity contribution is -0.486. The van der Waals surface area contributed by atoms with Gasteiger partial charge >= 0.3 is 25.7 Å². The third kappa shape index (κ3) is 17.2. The minimum atomic E-state index is -4.22. The highest BCUT2D eigenvalue weighted by Gasteiger charge is 2.27. The van der Waals surface area contributed by atoms with Crippen LogP contribution in [0.25, 0.3) is 0 Å². The van der Waals surface area contributed by atoms with E-state index >= 15 is 0 Å². The predicted molar refractivity (Wildman–Crippen MR) is 95.4 cm³/mol. The van der Waals surface area contributed by atoms with Gasteiger partial charge in [-0.15, -0.1) is 0 Å². The monoisotopic (exact) mass is 488 g/mol. The lowest BCUT2D eigenvalue weighted by Crippen LogP contribution is -2.13. The average Bonchev–Trinajstić information content (AvgIpc) is 2.80. The summed E-state index contributed by atoms with van der Waals surface area (Å²) in [7, 11) is -4.22. The van der Waals surface area contributed by atoms with Gasteiger partial charge in [-0.2, -0.15) is 14.7 Å². The molecule has 0 radical (unpaired) electrons. The zero-order valence-corrected chi connectivity index (χ0v) is 17.5. The second-order valence-electron chi connectivity index (χ2n) is 4.44. The van der Waals surface area contributed by atoms with Gasteiger partial charge in [0.25, 0.3) is 0 Å². The lowest BCUT2D eigenvalue weighted by Gasteiger charge is -2.17. The summed E-state index contributed by atoms with van der Waals surface area (Å²) in [6.07, 6.45) is 2.47. The van der Waals surface area contributed by atoms with Gasteiger partial charge in [-0.25, -0.2) is 18.9 Å². The Bertz CT molecular complexity index is 564. The molecule has 0 unspecified atom stereocenters. The molecule has 16 nitrogen and oxygen atoms in total. The standard InChI is InChI=1S/C15H21O16P/c1-4-13(16)26-29-20-7-10-23-32(19,24-11-8-21-30-27-14(17)5-2)25-12-9-22-31-28-15(18)6-3/h4-6H,1-3,7-12H2. The topological polar surface area (TPSA) is 179 Å². The summed E-state index contributed by atoms with van der Waals surface area (Å²) in [4.78, 5) is 57.7. The van der Waals surface area contributed by atoms with E-state index in [2.05, 4.69) is 64.2 Å². The third-order valence-corrected chi connectivity index (χ3v) is 3.74. The second kappa shape index (κ2) is 19.2. The summed E-state index contributed by atoms with van der Waals surface area (Å²) in [6.45, 7) is 7.05. The van der Waals surface area contributed by atoms with E-state index in [1.54, 1.807) is 0 Å². The van der Waals surface area contributed by atoms with Crippen LogP contribution >= 0.6 is 7.82 Å². The maximum atomic E-state index is 12.5. The zero-order chi connectivity index (χ0) is 24.1. The molecule has 0 fully saturated rings. The molecule has 0 aromatic heterocycles. The van der Waals surface area contributed by atoms with Crippen molar-refractivity contribution in [1.29, 1.82) is 0 Å². The molecule has 0 atom stereocenters. The molecule has 182 valence electrons. The minimum absolute atomic E-state index is 0.366. The minimum Gasteiger partial charge on any atom is -0.284 e. The Morgan fingerprint density at radius 2 is 0.844 bits per heavy atom. The van der Waals surface area contributed by atoms with E-state index in [1.165, 1.54) is 0 Å². The molecule has 0 bridgehead atoms. The van der Waals surface area contributed by atoms with Gasteiger partial charge in [0.1, 0.15) is 19.8 Å². The molecule has 0 aromatic carbocycles. The fraction of sp³-hybridized carbons (Fsp3) is 0.400. The molecular weight excluding hydrogens is 467 g/mol. The van der Waals surface area contributed by atoms with Gasteiger partial charge in [0, 0.05) is 18.2 Å². The van der Waals surface area contributed by atoms with Crippen molar-refractivity contribution in [2.45, 2.75) is 0 Å². The summed E-state index contributed by atoms with van der Waals surface area (Å²) in [5, 5.41) is 12.2. The van der Waals surface area contributed by atoms with Gasteiger partial charge in [0.2, 0.25) is 0 Å². The second-order valence-corrected chi connectivity index (χ2v) is 6.11. The SMILES string of the molecule is C=CC(=O)OOOCCOP(=O)(OCCOOOC(=O)C=C)OCCOOOC(=O)C=C. The Labute approximate surface area is 181 Å². The molecule has 0 N–H and O–H groups in total. The number of phosphoric ester groups is 1. The first kappa shape index (κ1) is 29.5. The number of carbonyl (C=O) groups is 3. The number of carbonyl (C=O) groups excluding carboxylic acids is 3. The van der Waals surface area contributed by atoms with Gasteiger partial charge < -0.3 is 0 Å². The van der Waals surface area contributed by atoms with E-state index in [9.17, 15) is 18.9 Å². The van der Waals surface area contributed by atoms with Gasteiger partial charge in [-0.3, -0.25) is 28.2 Å². The molecule has 32 heavy (non-hydrogen) atoms. The van der Waals surface area contributed by atoms with Crippen LogP contribution in [0.3, 0.4) is 0 Å². The van der Waals surface area contributed by atoms with Crippen molar-refractivity contribution in [3.05, 3.63) is 38.0 Å². The van der Waals surface area contributed by atoms with Crippen molar-refractivity contribution < 1.29 is 77.0 Å². The zero-order valence-electron chi connectivity index (χ0n) is 16.6. The first-order valence-electron chi connectivity index (χ1n) is 8.28. The van der Waals surface area contributed by atoms with Crippen molar-refractivity contribution in [2.24, 2.45) is 0 Å². The van der Waals surface area contributed by atoms with Gasteiger partial charge in [-0.1, -0.05) is 19.7 Å². The first-order valence-corrected chi connectivity index (χ1v) is 9.74. The maximum absolute atomic E-state index is 12.5. The summed E-state index contributed by atoms with van der Waals surface area (Å²) in [6, 6.07) is 0. The van der Waals surface area contributed by atoms with Crippen LogP contribution in [0.1, 0.15) is 0 Å². The smallest absolute Gasteiger partial charge is 0.284 e. The summed E-state index contributed by atoms with van der Waals surface area (Å²) in [5.74, 6) is -2.74. The van der Waals surface area contributed by atoms with Crippen molar-refractivity contribution in [1.82, 2.24) is 0 Å². The largest absolute Gasteiger partial charge is 0.475 e. The fourth-order valence-corrected chi connectivity index (χ4v) is 2.16. The molecule has 0 spiro atoms. The molecule has 0 rings (SSSR count). The van der Waals surface area contributed by atoms with Crippen LogP contribution in [-0.4, -0.2) is 57.5 Å². The van der Waals surface area contributed by atoms with E-state index in [1.807, 2.05) is 0 Å². The summed E-state index contributed by atoms with van der Waals surface area (Å²) in [5.41, 5.74) is 0. The lowest BCUT2D eigenvalue weighted by atomic mass is 10.7. The van der Waals surface area contributed by atoms with E-state index in [0.717, 1.165) is 18.2 Å². The van der Waals surface area contributed by atoms with Crippen molar-refractivity contribution >= 4 is 25.7 Å². The van der Waals surface area contributed by atoms with Crippen molar-refractivity contribution in [2.75, 3.05) is 39.6 Å². The van der Waals surface area contributed by atoms with Crippen molar-refractivity contribution in [3.63, 3.8) is 0 Å². The summed E-state index contributed by atoms with van der Waals surface area (Å²) < 4.78 is 27.4. The Morgan fingerprint density at radius 3 is 1.09 bits per heavy atom. The van der Waals surface area contributed by atoms with Crippen molar-refractivity contribution in [3.8, 4) is 0 Å². The molecular formula is C15H21O16P. The van der Waals surface area contributed by atoms with Crippen LogP contribution in [0.2, 0.25) is 0 Å². The third-order valence-electron chi connectivity index (χ3n) is 2.24. The van der Waals surface area contributed by atoms with E-state index < -0.39 is 45.6 Å². The van der Waals surface area contributed by atoms with Crippen LogP contribution < -0.4 is 0 Å². The Kier molecular flexibility index (Phi) is 17.7. The quantitative estimate of drug-likeness (QED) is 0.0731. The van der Waals surface area contributed by atoms with E-state index in [4.69, 9.17) is 13.6 Å². The Hall–Kier alpha value is -2.50. The van der Waals surface area contributed by atoms with Crippen LogP contribution in [0, 0.1) is 0 Å².